The number of nitrogens with zero attached hydrogens (tertiary/aromatic N) is 4. The standard InChI is InChI=1S/C20H21N5O3/c1-13-18(22-23-25(13)16-8-5-9-17(11-16)28-3)20(27)24(2)12-14-6-4-7-15(10-14)19(21)26/h4-11H,12H2,1-3H3,(H2,21,26). The molecule has 0 unspecified atom stereocenters. The third-order valence-corrected chi connectivity index (χ3v) is 4.37. The van der Waals surface area contributed by atoms with Gasteiger partial charge >= 0.3 is 0 Å². The van der Waals surface area contributed by atoms with Crippen LogP contribution in [0.4, 0.5) is 0 Å². The first-order valence-electron chi connectivity index (χ1n) is 8.61. The zero-order valence-electron chi connectivity index (χ0n) is 15.9. The van der Waals surface area contributed by atoms with Gasteiger partial charge in [0.1, 0.15) is 5.75 Å². The summed E-state index contributed by atoms with van der Waals surface area (Å²) in [4.78, 5) is 25.7. The number of benzene rings is 2. The fourth-order valence-electron chi connectivity index (χ4n) is 2.86. The lowest BCUT2D eigenvalue weighted by atomic mass is 10.1. The zero-order chi connectivity index (χ0) is 20.3. The van der Waals surface area contributed by atoms with Crippen LogP contribution in [0.5, 0.6) is 5.75 Å². The van der Waals surface area contributed by atoms with Gasteiger partial charge in [-0.1, -0.05) is 23.4 Å². The Balaban J connectivity index is 1.82. The molecule has 144 valence electrons. The largest absolute Gasteiger partial charge is 0.497 e. The van der Waals surface area contributed by atoms with Crippen LogP contribution in [-0.2, 0) is 6.54 Å². The Morgan fingerprint density at radius 3 is 2.64 bits per heavy atom. The highest BCUT2D eigenvalue weighted by Gasteiger charge is 2.21. The molecule has 8 heteroatoms. The van der Waals surface area contributed by atoms with Gasteiger partial charge < -0.3 is 15.4 Å². The van der Waals surface area contributed by atoms with Gasteiger partial charge in [0.25, 0.3) is 5.91 Å². The molecule has 1 aromatic heterocycles. The van der Waals surface area contributed by atoms with Crippen LogP contribution >= 0.6 is 0 Å². The monoisotopic (exact) mass is 379 g/mol. The number of rotatable bonds is 6. The first kappa shape index (κ1) is 19.1. The van der Waals surface area contributed by atoms with E-state index in [0.29, 0.717) is 23.6 Å². The van der Waals surface area contributed by atoms with Crippen LogP contribution in [0.1, 0.15) is 32.1 Å². The van der Waals surface area contributed by atoms with E-state index in [-0.39, 0.29) is 11.6 Å². The lowest BCUT2D eigenvalue weighted by Crippen LogP contribution is -2.27. The maximum atomic E-state index is 12.9. The predicted molar refractivity (Wildman–Crippen MR) is 103 cm³/mol. The van der Waals surface area contributed by atoms with Gasteiger partial charge in [-0.15, -0.1) is 5.10 Å². The molecular weight excluding hydrogens is 358 g/mol. The van der Waals surface area contributed by atoms with E-state index in [9.17, 15) is 9.59 Å². The van der Waals surface area contributed by atoms with Gasteiger partial charge in [0.05, 0.1) is 18.5 Å². The SMILES string of the molecule is COc1cccc(-n2nnc(C(=O)N(C)Cc3cccc(C(N)=O)c3)c2C)c1. The molecule has 0 aliphatic heterocycles. The molecule has 0 radical (unpaired) electrons. The maximum absolute atomic E-state index is 12.9. The zero-order valence-corrected chi connectivity index (χ0v) is 15.9. The molecule has 3 aromatic rings. The lowest BCUT2D eigenvalue weighted by molar-refractivity contribution is 0.0778. The molecule has 0 saturated carbocycles. The van der Waals surface area contributed by atoms with E-state index in [1.165, 1.54) is 4.90 Å². The van der Waals surface area contributed by atoms with Gasteiger partial charge in [-0.25, -0.2) is 4.68 Å². The number of hydrogen-bond acceptors (Lipinski definition) is 5. The summed E-state index contributed by atoms with van der Waals surface area (Å²) in [7, 11) is 3.26. The van der Waals surface area contributed by atoms with Crippen molar-refractivity contribution in [3.8, 4) is 11.4 Å². The highest BCUT2D eigenvalue weighted by molar-refractivity contribution is 5.94. The Kier molecular flexibility index (Phi) is 5.39. The van der Waals surface area contributed by atoms with Gasteiger partial charge in [-0.3, -0.25) is 9.59 Å². The van der Waals surface area contributed by atoms with Crippen molar-refractivity contribution in [3.63, 3.8) is 0 Å². The van der Waals surface area contributed by atoms with Crippen molar-refractivity contribution in [2.45, 2.75) is 13.5 Å². The summed E-state index contributed by atoms with van der Waals surface area (Å²) in [6.45, 7) is 2.10. The number of hydrogen-bond donors (Lipinski definition) is 1. The third-order valence-electron chi connectivity index (χ3n) is 4.37. The topological polar surface area (TPSA) is 103 Å². The highest BCUT2D eigenvalue weighted by atomic mass is 16.5. The second-order valence-corrected chi connectivity index (χ2v) is 6.36. The summed E-state index contributed by atoms with van der Waals surface area (Å²) in [6.07, 6.45) is 0. The summed E-state index contributed by atoms with van der Waals surface area (Å²) in [6, 6.07) is 14.2. The number of nitrogens with two attached hydrogens (primary N) is 1. The van der Waals surface area contributed by atoms with Gasteiger partial charge in [-0.2, -0.15) is 0 Å². The van der Waals surface area contributed by atoms with Crippen molar-refractivity contribution in [2.24, 2.45) is 5.73 Å². The van der Waals surface area contributed by atoms with Crippen LogP contribution in [0, 0.1) is 6.92 Å². The number of carbonyl (C=O) groups excluding carboxylic acids is 2. The van der Waals surface area contributed by atoms with Crippen molar-refractivity contribution < 1.29 is 14.3 Å². The van der Waals surface area contributed by atoms with Crippen LogP contribution < -0.4 is 10.5 Å². The molecule has 1 heterocycles. The minimum atomic E-state index is -0.507. The molecule has 0 atom stereocenters. The van der Waals surface area contributed by atoms with E-state index >= 15 is 0 Å². The normalized spacial score (nSPS) is 10.5. The Hall–Kier alpha value is -3.68. The molecule has 0 aliphatic rings. The second kappa shape index (κ2) is 7.91. The Morgan fingerprint density at radius 2 is 1.93 bits per heavy atom. The van der Waals surface area contributed by atoms with Crippen LogP contribution in [0.2, 0.25) is 0 Å². The predicted octanol–water partition coefficient (Wildman–Crippen LogP) is 1.96. The van der Waals surface area contributed by atoms with Crippen molar-refractivity contribution in [2.75, 3.05) is 14.2 Å². The maximum Gasteiger partial charge on any atom is 0.276 e. The molecule has 0 bridgehead atoms. The third kappa shape index (κ3) is 3.85. The van der Waals surface area contributed by atoms with Gasteiger partial charge in [0, 0.05) is 25.2 Å². The minimum Gasteiger partial charge on any atom is -0.497 e. The van der Waals surface area contributed by atoms with E-state index in [0.717, 1.165) is 11.3 Å². The molecular formula is C20H21N5O3. The van der Waals surface area contributed by atoms with Crippen molar-refractivity contribution in [1.82, 2.24) is 19.9 Å². The van der Waals surface area contributed by atoms with E-state index in [1.807, 2.05) is 30.3 Å². The van der Waals surface area contributed by atoms with Gasteiger partial charge in [-0.05, 0) is 36.8 Å². The highest BCUT2D eigenvalue weighted by Crippen LogP contribution is 2.19. The molecule has 2 N–H and O–H groups in total. The van der Waals surface area contributed by atoms with Crippen molar-refractivity contribution in [3.05, 3.63) is 71.0 Å². The number of ether oxygens (including phenoxy) is 1. The molecule has 8 nitrogen and oxygen atoms in total. The first-order valence-corrected chi connectivity index (χ1v) is 8.61. The lowest BCUT2D eigenvalue weighted by Gasteiger charge is -2.16. The van der Waals surface area contributed by atoms with E-state index in [1.54, 1.807) is 44.0 Å². The molecule has 2 amide bonds. The summed E-state index contributed by atoms with van der Waals surface area (Å²) in [5.74, 6) is -0.0873. The van der Waals surface area contributed by atoms with Crippen LogP contribution in [0.15, 0.2) is 48.5 Å². The summed E-state index contributed by atoms with van der Waals surface area (Å²) in [5, 5.41) is 8.17. The van der Waals surface area contributed by atoms with E-state index in [4.69, 9.17) is 10.5 Å². The average molecular weight is 379 g/mol. The minimum absolute atomic E-state index is 0.261. The fraction of sp³-hybridized carbons (Fsp3) is 0.200. The number of carbonyl (C=O) groups is 2. The molecule has 28 heavy (non-hydrogen) atoms. The summed E-state index contributed by atoms with van der Waals surface area (Å²) >= 11 is 0. The Labute approximate surface area is 162 Å². The summed E-state index contributed by atoms with van der Waals surface area (Å²) in [5.41, 5.74) is 8.14. The van der Waals surface area contributed by atoms with Crippen LogP contribution in [-0.4, -0.2) is 45.9 Å². The number of aromatic nitrogens is 3. The fourth-order valence-corrected chi connectivity index (χ4v) is 2.86. The summed E-state index contributed by atoms with van der Waals surface area (Å²) < 4.78 is 6.83. The Bertz CT molecular complexity index is 1030. The number of primary amides is 1. The van der Waals surface area contributed by atoms with Crippen molar-refractivity contribution in [1.29, 1.82) is 0 Å². The van der Waals surface area contributed by atoms with Crippen LogP contribution in [0.25, 0.3) is 5.69 Å². The molecule has 0 aliphatic carbocycles. The molecule has 0 saturated heterocycles. The van der Waals surface area contributed by atoms with Gasteiger partial charge in [0.15, 0.2) is 5.69 Å². The van der Waals surface area contributed by atoms with Crippen LogP contribution in [0.3, 0.4) is 0 Å². The van der Waals surface area contributed by atoms with Crippen molar-refractivity contribution >= 4 is 11.8 Å². The van der Waals surface area contributed by atoms with E-state index in [2.05, 4.69) is 10.3 Å². The first-order chi connectivity index (χ1) is 13.4. The van der Waals surface area contributed by atoms with E-state index < -0.39 is 5.91 Å². The molecule has 3 rings (SSSR count). The molecule has 0 fully saturated rings. The number of amides is 2. The Morgan fingerprint density at radius 1 is 1.18 bits per heavy atom. The average Bonchev–Trinajstić information content (AvgIpc) is 3.08. The van der Waals surface area contributed by atoms with Gasteiger partial charge in [0.2, 0.25) is 5.91 Å². The molecule has 2 aromatic carbocycles. The second-order valence-electron chi connectivity index (χ2n) is 6.36. The smallest absolute Gasteiger partial charge is 0.276 e. The quantitative estimate of drug-likeness (QED) is 0.705. The number of methoxy groups -OCH3 is 1. The molecule has 0 spiro atoms.